The average Bonchev–Trinajstić information content (AvgIpc) is 3.11. The van der Waals surface area contributed by atoms with Gasteiger partial charge in [0.1, 0.15) is 0 Å². The maximum Gasteiger partial charge on any atom is 0.228 e. The molecule has 0 radical (unpaired) electrons. The molecule has 0 N–H and O–H groups in total. The van der Waals surface area contributed by atoms with E-state index in [-0.39, 0.29) is 11.9 Å². The molecular formula is C16H21N3OS. The lowest BCUT2D eigenvalue weighted by Gasteiger charge is -2.35. The number of amides is 1. The first kappa shape index (κ1) is 14.3. The van der Waals surface area contributed by atoms with Crippen LogP contribution in [0.5, 0.6) is 0 Å². The Balaban J connectivity index is 1.67. The smallest absolute Gasteiger partial charge is 0.228 e. The molecule has 0 bridgehead atoms. The number of piperidine rings is 1. The number of hydrogen-bond donors (Lipinski definition) is 0. The Morgan fingerprint density at radius 2 is 2.38 bits per heavy atom. The zero-order chi connectivity index (χ0) is 14.7. The van der Waals surface area contributed by atoms with Crippen LogP contribution < -0.4 is 0 Å². The summed E-state index contributed by atoms with van der Waals surface area (Å²) in [5.74, 6) is 0.256. The van der Waals surface area contributed by atoms with Gasteiger partial charge in [0.05, 0.1) is 25.2 Å². The SMILES string of the molecule is Cc1cnn(C[C@H]2CCCCN2C(=O)Cc2cccs2)c1. The fourth-order valence-electron chi connectivity index (χ4n) is 2.97. The number of rotatable bonds is 4. The Labute approximate surface area is 129 Å². The quantitative estimate of drug-likeness (QED) is 0.871. The van der Waals surface area contributed by atoms with E-state index in [0.29, 0.717) is 6.42 Å². The van der Waals surface area contributed by atoms with Crippen LogP contribution in [0.1, 0.15) is 29.7 Å². The molecule has 3 heterocycles. The molecule has 1 saturated heterocycles. The lowest BCUT2D eigenvalue weighted by molar-refractivity contribution is -0.134. The van der Waals surface area contributed by atoms with Crippen LogP contribution in [0.4, 0.5) is 0 Å². The first-order valence-electron chi connectivity index (χ1n) is 7.53. The molecule has 0 unspecified atom stereocenters. The highest BCUT2D eigenvalue weighted by Gasteiger charge is 2.27. The Morgan fingerprint density at radius 1 is 1.48 bits per heavy atom. The zero-order valence-corrected chi connectivity index (χ0v) is 13.2. The van der Waals surface area contributed by atoms with E-state index in [1.807, 2.05) is 35.3 Å². The average molecular weight is 303 g/mol. The van der Waals surface area contributed by atoms with Crippen LogP contribution >= 0.6 is 11.3 Å². The fraction of sp³-hybridized carbons (Fsp3) is 0.500. The second-order valence-electron chi connectivity index (χ2n) is 5.73. The van der Waals surface area contributed by atoms with Crippen molar-refractivity contribution in [2.45, 2.75) is 45.2 Å². The predicted octanol–water partition coefficient (Wildman–Crippen LogP) is 2.88. The third-order valence-electron chi connectivity index (χ3n) is 4.01. The highest BCUT2D eigenvalue weighted by molar-refractivity contribution is 7.10. The molecule has 0 aliphatic carbocycles. The van der Waals surface area contributed by atoms with Gasteiger partial charge in [-0.3, -0.25) is 9.48 Å². The highest BCUT2D eigenvalue weighted by atomic mass is 32.1. The maximum absolute atomic E-state index is 12.6. The van der Waals surface area contributed by atoms with Crippen LogP contribution in [0.25, 0.3) is 0 Å². The number of hydrogen-bond acceptors (Lipinski definition) is 3. The molecule has 1 aliphatic rings. The second-order valence-corrected chi connectivity index (χ2v) is 6.76. The number of likely N-dealkylation sites (tertiary alicyclic amines) is 1. The highest BCUT2D eigenvalue weighted by Crippen LogP contribution is 2.21. The van der Waals surface area contributed by atoms with Crippen molar-refractivity contribution in [3.05, 3.63) is 40.3 Å². The summed E-state index contributed by atoms with van der Waals surface area (Å²) in [5.41, 5.74) is 1.17. The van der Waals surface area contributed by atoms with Crippen molar-refractivity contribution in [2.24, 2.45) is 0 Å². The van der Waals surface area contributed by atoms with Gasteiger partial charge >= 0.3 is 0 Å². The van der Waals surface area contributed by atoms with E-state index in [9.17, 15) is 4.79 Å². The van der Waals surface area contributed by atoms with Gasteiger partial charge in [0.15, 0.2) is 0 Å². The number of aryl methyl sites for hydroxylation is 1. The number of nitrogens with zero attached hydrogens (tertiary/aromatic N) is 3. The molecular weight excluding hydrogens is 282 g/mol. The maximum atomic E-state index is 12.6. The van der Waals surface area contributed by atoms with Gasteiger partial charge in [-0.05, 0) is 43.2 Å². The molecule has 1 fully saturated rings. The Kier molecular flexibility index (Phi) is 4.39. The summed E-state index contributed by atoms with van der Waals surface area (Å²) in [6.45, 7) is 3.74. The molecule has 3 rings (SSSR count). The minimum absolute atomic E-state index is 0.256. The zero-order valence-electron chi connectivity index (χ0n) is 12.4. The normalized spacial score (nSPS) is 18.9. The van der Waals surface area contributed by atoms with Crippen molar-refractivity contribution >= 4 is 17.2 Å². The van der Waals surface area contributed by atoms with Crippen molar-refractivity contribution in [1.82, 2.24) is 14.7 Å². The van der Waals surface area contributed by atoms with E-state index in [0.717, 1.165) is 30.8 Å². The molecule has 112 valence electrons. The number of thiophene rings is 1. The van der Waals surface area contributed by atoms with Gasteiger partial charge in [0.2, 0.25) is 5.91 Å². The van der Waals surface area contributed by atoms with Crippen LogP contribution in [0.2, 0.25) is 0 Å². The molecule has 0 aromatic carbocycles. The summed E-state index contributed by atoms with van der Waals surface area (Å²) >= 11 is 1.66. The van der Waals surface area contributed by atoms with Crippen molar-refractivity contribution in [2.75, 3.05) is 6.54 Å². The second kappa shape index (κ2) is 6.43. The summed E-state index contributed by atoms with van der Waals surface area (Å²) in [5, 5.41) is 6.39. The Bertz CT molecular complexity index is 590. The fourth-order valence-corrected chi connectivity index (χ4v) is 3.66. The summed E-state index contributed by atoms with van der Waals surface area (Å²) in [6.07, 6.45) is 7.86. The monoisotopic (exact) mass is 303 g/mol. The van der Waals surface area contributed by atoms with Gasteiger partial charge in [0.25, 0.3) is 0 Å². The van der Waals surface area contributed by atoms with Gasteiger partial charge < -0.3 is 4.90 Å². The lowest BCUT2D eigenvalue weighted by Crippen LogP contribution is -2.46. The van der Waals surface area contributed by atoms with Crippen molar-refractivity contribution in [1.29, 1.82) is 0 Å². The number of carbonyl (C=O) groups is 1. The lowest BCUT2D eigenvalue weighted by atomic mass is 10.0. The van der Waals surface area contributed by atoms with Crippen molar-refractivity contribution in [3.63, 3.8) is 0 Å². The Hall–Kier alpha value is -1.62. The van der Waals surface area contributed by atoms with Gasteiger partial charge in [-0.2, -0.15) is 5.10 Å². The third kappa shape index (κ3) is 3.53. The van der Waals surface area contributed by atoms with E-state index in [1.165, 1.54) is 12.0 Å². The molecule has 4 nitrogen and oxygen atoms in total. The molecule has 2 aromatic rings. The summed E-state index contributed by atoms with van der Waals surface area (Å²) in [6, 6.07) is 4.33. The first-order chi connectivity index (χ1) is 10.2. The molecule has 1 aliphatic heterocycles. The van der Waals surface area contributed by atoms with Gasteiger partial charge in [0, 0.05) is 17.6 Å². The third-order valence-corrected chi connectivity index (χ3v) is 4.89. The summed E-state index contributed by atoms with van der Waals surface area (Å²) in [7, 11) is 0. The number of carbonyl (C=O) groups excluding carboxylic acids is 1. The van der Waals surface area contributed by atoms with Crippen LogP contribution in [-0.2, 0) is 17.8 Å². The molecule has 1 atom stereocenters. The van der Waals surface area contributed by atoms with Gasteiger partial charge in [-0.1, -0.05) is 6.07 Å². The summed E-state index contributed by atoms with van der Waals surface area (Å²) < 4.78 is 1.97. The van der Waals surface area contributed by atoms with Crippen molar-refractivity contribution < 1.29 is 4.79 Å². The molecule has 1 amide bonds. The topological polar surface area (TPSA) is 38.1 Å². The summed E-state index contributed by atoms with van der Waals surface area (Å²) in [4.78, 5) is 15.8. The van der Waals surface area contributed by atoms with Gasteiger partial charge in [-0.15, -0.1) is 11.3 Å². The molecule has 0 saturated carbocycles. The molecule has 5 heteroatoms. The molecule has 0 spiro atoms. The largest absolute Gasteiger partial charge is 0.338 e. The van der Waals surface area contributed by atoms with E-state index >= 15 is 0 Å². The predicted molar refractivity (Wildman–Crippen MR) is 84.3 cm³/mol. The number of aromatic nitrogens is 2. The molecule has 21 heavy (non-hydrogen) atoms. The van der Waals surface area contributed by atoms with Crippen LogP contribution in [-0.4, -0.2) is 33.2 Å². The van der Waals surface area contributed by atoms with E-state index in [1.54, 1.807) is 11.3 Å². The minimum Gasteiger partial charge on any atom is -0.338 e. The molecule has 2 aromatic heterocycles. The van der Waals surface area contributed by atoms with Crippen LogP contribution in [0.3, 0.4) is 0 Å². The minimum atomic E-state index is 0.256. The standard InChI is InChI=1S/C16H21N3OS/c1-13-10-17-18(11-13)12-14-5-2-3-7-19(14)16(20)9-15-6-4-8-21-15/h4,6,8,10-11,14H,2-3,5,7,9,12H2,1H3/t14-/m1/s1. The Morgan fingerprint density at radius 3 is 3.10 bits per heavy atom. The van der Waals surface area contributed by atoms with Crippen LogP contribution in [0.15, 0.2) is 29.9 Å². The first-order valence-corrected chi connectivity index (χ1v) is 8.41. The van der Waals surface area contributed by atoms with E-state index < -0.39 is 0 Å². The van der Waals surface area contributed by atoms with Crippen molar-refractivity contribution in [3.8, 4) is 0 Å². The van der Waals surface area contributed by atoms with Gasteiger partial charge in [-0.25, -0.2) is 0 Å². The van der Waals surface area contributed by atoms with E-state index in [2.05, 4.69) is 16.2 Å². The van der Waals surface area contributed by atoms with Crippen LogP contribution in [0, 0.1) is 6.92 Å². The van der Waals surface area contributed by atoms with E-state index in [4.69, 9.17) is 0 Å².